The lowest BCUT2D eigenvalue weighted by atomic mass is 10.1. The van der Waals surface area contributed by atoms with Gasteiger partial charge in [-0.1, -0.05) is 25.5 Å². The number of likely N-dealkylation sites (tertiary alicyclic amines) is 1. The molecule has 6 nitrogen and oxygen atoms in total. The summed E-state index contributed by atoms with van der Waals surface area (Å²) in [5, 5.41) is 6.61. The van der Waals surface area contributed by atoms with Crippen LogP contribution in [0.3, 0.4) is 0 Å². The zero-order valence-electron chi connectivity index (χ0n) is 17.9. The molecule has 1 aliphatic rings. The second-order valence-corrected chi connectivity index (χ2v) is 7.22. The Labute approximate surface area is 192 Å². The predicted octanol–water partition coefficient (Wildman–Crippen LogP) is 3.80. The molecule has 1 saturated heterocycles. The number of hydrogen-bond acceptors (Lipinski definition) is 3. The van der Waals surface area contributed by atoms with E-state index in [0.29, 0.717) is 6.54 Å². The minimum atomic E-state index is 0. The lowest BCUT2D eigenvalue weighted by Crippen LogP contribution is -2.37. The highest BCUT2D eigenvalue weighted by Gasteiger charge is 2.17. The van der Waals surface area contributed by atoms with Gasteiger partial charge in [-0.2, -0.15) is 0 Å². The Bertz CT molecular complexity index is 601. The molecule has 0 saturated carbocycles. The second kappa shape index (κ2) is 15.5. The molecular weight excluding hydrogens is 479 g/mol. The van der Waals surface area contributed by atoms with Gasteiger partial charge in [-0.25, -0.2) is 0 Å². The average Bonchev–Trinajstić information content (AvgIpc) is 2.75. The number of carbonyl (C=O) groups excluding carboxylic acids is 1. The maximum absolute atomic E-state index is 12.5. The second-order valence-electron chi connectivity index (χ2n) is 7.22. The van der Waals surface area contributed by atoms with E-state index in [2.05, 4.69) is 22.5 Å². The molecule has 1 aliphatic heterocycles. The van der Waals surface area contributed by atoms with E-state index in [0.717, 1.165) is 75.6 Å². The standard InChI is InChI=1S/C22H36N4O2.HI/c1-3-4-16-28-17-8-13-24-22(23-2)25-18-19-9-11-20(12-10-19)21(27)26-14-6-5-7-15-26;/h9-12H,3-8,13-18H2,1-2H3,(H2,23,24,25);1H. The van der Waals surface area contributed by atoms with Crippen molar-refractivity contribution in [2.75, 3.05) is 39.9 Å². The van der Waals surface area contributed by atoms with Crippen LogP contribution in [0.2, 0.25) is 0 Å². The maximum atomic E-state index is 12.5. The molecule has 164 valence electrons. The van der Waals surface area contributed by atoms with Crippen molar-refractivity contribution in [3.05, 3.63) is 35.4 Å². The number of guanidine groups is 1. The van der Waals surface area contributed by atoms with Crippen molar-refractivity contribution in [2.24, 2.45) is 4.99 Å². The summed E-state index contributed by atoms with van der Waals surface area (Å²) in [6.45, 7) is 7.05. The van der Waals surface area contributed by atoms with Crippen LogP contribution < -0.4 is 10.6 Å². The van der Waals surface area contributed by atoms with Gasteiger partial charge in [0.25, 0.3) is 5.91 Å². The first-order valence-electron chi connectivity index (χ1n) is 10.6. The summed E-state index contributed by atoms with van der Waals surface area (Å²) < 4.78 is 5.56. The number of nitrogens with one attached hydrogen (secondary N) is 2. The highest BCUT2D eigenvalue weighted by Crippen LogP contribution is 2.13. The molecule has 0 bridgehead atoms. The number of aliphatic imine (C=N–C) groups is 1. The van der Waals surface area contributed by atoms with Crippen molar-refractivity contribution < 1.29 is 9.53 Å². The Hall–Kier alpha value is -1.35. The molecule has 0 spiro atoms. The Balaban J connectivity index is 0.00000420. The summed E-state index contributed by atoms with van der Waals surface area (Å²) in [5.41, 5.74) is 1.90. The van der Waals surface area contributed by atoms with Gasteiger partial charge in [0.2, 0.25) is 0 Å². The fourth-order valence-electron chi connectivity index (χ4n) is 3.18. The van der Waals surface area contributed by atoms with Crippen LogP contribution in [0.4, 0.5) is 0 Å². The molecule has 0 unspecified atom stereocenters. The van der Waals surface area contributed by atoms with Crippen molar-refractivity contribution in [3.63, 3.8) is 0 Å². The Kier molecular flexibility index (Phi) is 13.7. The van der Waals surface area contributed by atoms with Gasteiger partial charge in [-0.15, -0.1) is 24.0 Å². The number of rotatable bonds is 10. The van der Waals surface area contributed by atoms with Crippen LogP contribution in [-0.4, -0.2) is 56.7 Å². The number of amides is 1. The van der Waals surface area contributed by atoms with Crippen molar-refractivity contribution in [1.29, 1.82) is 0 Å². The predicted molar refractivity (Wildman–Crippen MR) is 130 cm³/mol. The Morgan fingerprint density at radius 3 is 2.41 bits per heavy atom. The molecule has 2 N–H and O–H groups in total. The van der Waals surface area contributed by atoms with Crippen LogP contribution in [0.15, 0.2) is 29.3 Å². The number of carbonyl (C=O) groups is 1. The highest BCUT2D eigenvalue weighted by atomic mass is 127. The number of benzene rings is 1. The van der Waals surface area contributed by atoms with E-state index in [-0.39, 0.29) is 29.9 Å². The van der Waals surface area contributed by atoms with Crippen molar-refractivity contribution in [1.82, 2.24) is 15.5 Å². The Morgan fingerprint density at radius 1 is 1.07 bits per heavy atom. The number of ether oxygens (including phenoxy) is 1. The zero-order valence-corrected chi connectivity index (χ0v) is 20.2. The summed E-state index contributed by atoms with van der Waals surface area (Å²) in [5.74, 6) is 0.930. The summed E-state index contributed by atoms with van der Waals surface area (Å²) in [6, 6.07) is 7.88. The Morgan fingerprint density at radius 2 is 1.76 bits per heavy atom. The number of hydrogen-bond donors (Lipinski definition) is 2. The molecule has 0 radical (unpaired) electrons. The molecule has 0 aliphatic carbocycles. The van der Waals surface area contributed by atoms with Crippen molar-refractivity contribution in [2.45, 2.75) is 52.0 Å². The van der Waals surface area contributed by atoms with E-state index in [9.17, 15) is 4.79 Å². The van der Waals surface area contributed by atoms with Gasteiger partial charge in [-0.3, -0.25) is 9.79 Å². The minimum Gasteiger partial charge on any atom is -0.381 e. The molecule has 2 rings (SSSR count). The maximum Gasteiger partial charge on any atom is 0.253 e. The van der Waals surface area contributed by atoms with E-state index >= 15 is 0 Å². The first-order valence-corrected chi connectivity index (χ1v) is 10.6. The van der Waals surface area contributed by atoms with Crippen LogP contribution in [0.1, 0.15) is 61.4 Å². The fraction of sp³-hybridized carbons (Fsp3) is 0.636. The summed E-state index contributed by atoms with van der Waals surface area (Å²) >= 11 is 0. The smallest absolute Gasteiger partial charge is 0.253 e. The number of unbranched alkanes of at least 4 members (excludes halogenated alkanes) is 1. The minimum absolute atomic E-state index is 0. The monoisotopic (exact) mass is 516 g/mol. The molecular formula is C22H37IN4O2. The van der Waals surface area contributed by atoms with Gasteiger partial charge in [0.15, 0.2) is 5.96 Å². The van der Waals surface area contributed by atoms with Gasteiger partial charge in [0.05, 0.1) is 0 Å². The first kappa shape index (κ1) is 25.7. The van der Waals surface area contributed by atoms with Gasteiger partial charge in [0, 0.05) is 52.0 Å². The van der Waals surface area contributed by atoms with Crippen LogP contribution in [0, 0.1) is 0 Å². The molecule has 0 atom stereocenters. The molecule has 1 aromatic carbocycles. The fourth-order valence-corrected chi connectivity index (χ4v) is 3.18. The quantitative estimate of drug-likeness (QED) is 0.215. The van der Waals surface area contributed by atoms with Crippen molar-refractivity contribution in [3.8, 4) is 0 Å². The molecule has 1 aromatic rings. The van der Waals surface area contributed by atoms with Gasteiger partial charge in [-0.05, 0) is 49.8 Å². The highest BCUT2D eigenvalue weighted by molar-refractivity contribution is 14.0. The third kappa shape index (κ3) is 9.80. The lowest BCUT2D eigenvalue weighted by Gasteiger charge is -2.26. The number of nitrogens with zero attached hydrogens (tertiary/aromatic N) is 2. The summed E-state index contributed by atoms with van der Waals surface area (Å²) in [4.78, 5) is 18.7. The lowest BCUT2D eigenvalue weighted by molar-refractivity contribution is 0.0724. The van der Waals surface area contributed by atoms with Crippen molar-refractivity contribution >= 4 is 35.8 Å². The summed E-state index contributed by atoms with van der Waals surface area (Å²) in [6.07, 6.45) is 6.71. The van der Waals surface area contributed by atoms with Gasteiger partial charge < -0.3 is 20.3 Å². The van der Waals surface area contributed by atoms with Gasteiger partial charge >= 0.3 is 0 Å². The molecule has 29 heavy (non-hydrogen) atoms. The van der Waals surface area contributed by atoms with Gasteiger partial charge in [0.1, 0.15) is 0 Å². The van der Waals surface area contributed by atoms with E-state index in [1.54, 1.807) is 7.05 Å². The molecule has 0 aromatic heterocycles. The third-order valence-corrected chi connectivity index (χ3v) is 4.93. The zero-order chi connectivity index (χ0) is 20.0. The van der Waals surface area contributed by atoms with E-state index in [1.807, 2.05) is 29.2 Å². The molecule has 7 heteroatoms. The first-order chi connectivity index (χ1) is 13.7. The number of halogens is 1. The molecule has 1 fully saturated rings. The van der Waals surface area contributed by atoms with E-state index in [1.165, 1.54) is 12.8 Å². The largest absolute Gasteiger partial charge is 0.381 e. The van der Waals surface area contributed by atoms with Crippen LogP contribution in [0.25, 0.3) is 0 Å². The van der Waals surface area contributed by atoms with Crippen LogP contribution in [-0.2, 0) is 11.3 Å². The molecule has 1 amide bonds. The SMILES string of the molecule is CCCCOCCCNC(=NC)NCc1ccc(C(=O)N2CCCCC2)cc1.I. The topological polar surface area (TPSA) is 66.0 Å². The normalized spacial score (nSPS) is 14.3. The van der Waals surface area contributed by atoms with E-state index in [4.69, 9.17) is 4.74 Å². The molecule has 1 heterocycles. The summed E-state index contributed by atoms with van der Waals surface area (Å²) in [7, 11) is 1.77. The van der Waals surface area contributed by atoms with Crippen LogP contribution >= 0.6 is 24.0 Å². The van der Waals surface area contributed by atoms with E-state index < -0.39 is 0 Å². The third-order valence-electron chi connectivity index (χ3n) is 4.93. The van der Waals surface area contributed by atoms with Crippen LogP contribution in [0.5, 0.6) is 0 Å². The average molecular weight is 516 g/mol. The number of piperidine rings is 1.